The standard InChI is InChI=1S/C20H22N2O3/c1-4-9-22(14-16-7-5-15(13-21)6-8-16)20(23)17-10-18(24-2)12-19(11-17)25-3/h5-8,10-12H,4,9,14H2,1-3H3. The van der Waals surface area contributed by atoms with Gasteiger partial charge in [-0.05, 0) is 36.2 Å². The number of hydrogen-bond donors (Lipinski definition) is 0. The van der Waals surface area contributed by atoms with Crippen LogP contribution in [0.25, 0.3) is 0 Å². The van der Waals surface area contributed by atoms with Gasteiger partial charge in [-0.3, -0.25) is 4.79 Å². The molecule has 1 amide bonds. The van der Waals surface area contributed by atoms with E-state index in [1.807, 2.05) is 19.1 Å². The molecule has 25 heavy (non-hydrogen) atoms. The molecule has 5 nitrogen and oxygen atoms in total. The number of benzene rings is 2. The van der Waals surface area contributed by atoms with Crippen molar-refractivity contribution in [3.05, 3.63) is 59.2 Å². The minimum Gasteiger partial charge on any atom is -0.497 e. The summed E-state index contributed by atoms with van der Waals surface area (Å²) in [4.78, 5) is 14.7. The van der Waals surface area contributed by atoms with Gasteiger partial charge in [-0.25, -0.2) is 0 Å². The first-order valence-electron chi connectivity index (χ1n) is 8.12. The number of ether oxygens (including phenoxy) is 2. The van der Waals surface area contributed by atoms with E-state index in [0.29, 0.717) is 35.7 Å². The highest BCUT2D eigenvalue weighted by Gasteiger charge is 2.17. The molecule has 0 unspecified atom stereocenters. The van der Waals surface area contributed by atoms with Crippen molar-refractivity contribution in [1.29, 1.82) is 5.26 Å². The highest BCUT2D eigenvalue weighted by atomic mass is 16.5. The van der Waals surface area contributed by atoms with Crippen LogP contribution in [0.15, 0.2) is 42.5 Å². The number of nitriles is 1. The second-order valence-electron chi connectivity index (χ2n) is 5.64. The van der Waals surface area contributed by atoms with E-state index in [1.54, 1.807) is 49.5 Å². The van der Waals surface area contributed by atoms with E-state index in [0.717, 1.165) is 12.0 Å². The van der Waals surface area contributed by atoms with E-state index in [-0.39, 0.29) is 5.91 Å². The third kappa shape index (κ3) is 4.74. The number of rotatable bonds is 7. The fraction of sp³-hybridized carbons (Fsp3) is 0.300. The van der Waals surface area contributed by atoms with Crippen LogP contribution in [0.3, 0.4) is 0 Å². The number of methoxy groups -OCH3 is 2. The molecule has 0 aliphatic rings. The molecule has 0 heterocycles. The maximum absolute atomic E-state index is 13.0. The van der Waals surface area contributed by atoms with Crippen molar-refractivity contribution in [2.24, 2.45) is 0 Å². The molecular formula is C20H22N2O3. The molecule has 0 saturated heterocycles. The van der Waals surface area contributed by atoms with Crippen molar-refractivity contribution in [3.8, 4) is 17.6 Å². The third-order valence-corrected chi connectivity index (χ3v) is 3.84. The number of carbonyl (C=O) groups excluding carboxylic acids is 1. The van der Waals surface area contributed by atoms with E-state index in [9.17, 15) is 4.79 Å². The van der Waals surface area contributed by atoms with Crippen LogP contribution < -0.4 is 9.47 Å². The third-order valence-electron chi connectivity index (χ3n) is 3.84. The molecular weight excluding hydrogens is 316 g/mol. The summed E-state index contributed by atoms with van der Waals surface area (Å²) in [5.74, 6) is 1.08. The number of amides is 1. The Bertz CT molecular complexity index is 741. The zero-order chi connectivity index (χ0) is 18.2. The van der Waals surface area contributed by atoms with Gasteiger partial charge in [0.05, 0.1) is 25.9 Å². The topological polar surface area (TPSA) is 62.6 Å². The predicted octanol–water partition coefficient (Wildman–Crippen LogP) is 3.63. The molecule has 5 heteroatoms. The number of nitrogens with zero attached hydrogens (tertiary/aromatic N) is 2. The van der Waals surface area contributed by atoms with E-state index < -0.39 is 0 Å². The maximum atomic E-state index is 13.0. The van der Waals surface area contributed by atoms with Crippen LogP contribution in [0.2, 0.25) is 0 Å². The smallest absolute Gasteiger partial charge is 0.254 e. The molecule has 0 spiro atoms. The Hall–Kier alpha value is -3.00. The second kappa shape index (κ2) is 8.74. The molecule has 2 aromatic carbocycles. The average Bonchev–Trinajstić information content (AvgIpc) is 2.67. The Labute approximate surface area is 148 Å². The summed E-state index contributed by atoms with van der Waals surface area (Å²) in [7, 11) is 3.12. The van der Waals surface area contributed by atoms with Crippen molar-refractivity contribution in [2.75, 3.05) is 20.8 Å². The van der Waals surface area contributed by atoms with Gasteiger partial charge in [-0.2, -0.15) is 5.26 Å². The van der Waals surface area contributed by atoms with E-state index >= 15 is 0 Å². The van der Waals surface area contributed by atoms with E-state index in [2.05, 4.69) is 6.07 Å². The Morgan fingerprint density at radius 2 is 1.68 bits per heavy atom. The van der Waals surface area contributed by atoms with Crippen LogP contribution in [-0.2, 0) is 6.54 Å². The molecule has 2 aromatic rings. The molecule has 0 radical (unpaired) electrons. The van der Waals surface area contributed by atoms with Crippen LogP contribution in [0, 0.1) is 11.3 Å². The first-order valence-corrected chi connectivity index (χ1v) is 8.12. The van der Waals surface area contributed by atoms with E-state index in [4.69, 9.17) is 14.7 Å². The van der Waals surface area contributed by atoms with Crippen LogP contribution in [-0.4, -0.2) is 31.6 Å². The summed E-state index contributed by atoms with van der Waals surface area (Å²) in [6.07, 6.45) is 0.850. The van der Waals surface area contributed by atoms with Gasteiger partial charge in [0.2, 0.25) is 0 Å². The molecule has 2 rings (SSSR count). The molecule has 0 bridgehead atoms. The Morgan fingerprint density at radius 3 is 2.16 bits per heavy atom. The fourth-order valence-corrected chi connectivity index (χ4v) is 2.54. The van der Waals surface area contributed by atoms with Crippen LogP contribution in [0.5, 0.6) is 11.5 Å². The molecule has 0 saturated carbocycles. The molecule has 0 N–H and O–H groups in total. The lowest BCUT2D eigenvalue weighted by Crippen LogP contribution is -2.31. The Balaban J connectivity index is 2.26. The lowest BCUT2D eigenvalue weighted by Gasteiger charge is -2.23. The number of hydrogen-bond acceptors (Lipinski definition) is 4. The summed E-state index contributed by atoms with van der Waals surface area (Å²) in [5, 5.41) is 8.89. The van der Waals surface area contributed by atoms with Gasteiger partial charge in [0, 0.05) is 24.7 Å². The Morgan fingerprint density at radius 1 is 1.08 bits per heavy atom. The van der Waals surface area contributed by atoms with Gasteiger partial charge in [0.15, 0.2) is 0 Å². The SMILES string of the molecule is CCCN(Cc1ccc(C#N)cc1)C(=O)c1cc(OC)cc(OC)c1. The molecule has 0 aliphatic carbocycles. The highest BCUT2D eigenvalue weighted by Crippen LogP contribution is 2.24. The summed E-state index contributed by atoms with van der Waals surface area (Å²) < 4.78 is 10.5. The Kier molecular flexibility index (Phi) is 6.41. The van der Waals surface area contributed by atoms with Gasteiger partial charge in [0.25, 0.3) is 5.91 Å². The minimum atomic E-state index is -0.0802. The molecule has 130 valence electrons. The lowest BCUT2D eigenvalue weighted by atomic mass is 10.1. The monoisotopic (exact) mass is 338 g/mol. The van der Waals surface area contributed by atoms with Gasteiger partial charge in [0.1, 0.15) is 11.5 Å². The van der Waals surface area contributed by atoms with Gasteiger partial charge in [-0.1, -0.05) is 19.1 Å². The van der Waals surface area contributed by atoms with Crippen LogP contribution >= 0.6 is 0 Å². The van der Waals surface area contributed by atoms with Gasteiger partial charge in [-0.15, -0.1) is 0 Å². The summed E-state index contributed by atoms with van der Waals surface area (Å²) in [6, 6.07) is 14.5. The summed E-state index contributed by atoms with van der Waals surface area (Å²) >= 11 is 0. The molecule has 0 atom stereocenters. The second-order valence-corrected chi connectivity index (χ2v) is 5.64. The van der Waals surface area contributed by atoms with Crippen molar-refractivity contribution in [2.45, 2.75) is 19.9 Å². The maximum Gasteiger partial charge on any atom is 0.254 e. The van der Waals surface area contributed by atoms with Crippen LogP contribution in [0.1, 0.15) is 34.8 Å². The quantitative estimate of drug-likeness (QED) is 0.773. The van der Waals surface area contributed by atoms with Crippen LogP contribution in [0.4, 0.5) is 0 Å². The van der Waals surface area contributed by atoms with Gasteiger partial charge >= 0.3 is 0 Å². The zero-order valence-corrected chi connectivity index (χ0v) is 14.8. The molecule has 0 fully saturated rings. The number of carbonyl (C=O) groups is 1. The minimum absolute atomic E-state index is 0.0802. The van der Waals surface area contributed by atoms with Crippen molar-refractivity contribution in [1.82, 2.24) is 4.90 Å². The predicted molar refractivity (Wildman–Crippen MR) is 95.7 cm³/mol. The summed E-state index contributed by atoms with van der Waals surface area (Å²) in [6.45, 7) is 3.15. The first-order chi connectivity index (χ1) is 12.1. The van der Waals surface area contributed by atoms with Crippen molar-refractivity contribution < 1.29 is 14.3 Å². The average molecular weight is 338 g/mol. The zero-order valence-electron chi connectivity index (χ0n) is 14.8. The molecule has 0 aromatic heterocycles. The largest absolute Gasteiger partial charge is 0.497 e. The fourth-order valence-electron chi connectivity index (χ4n) is 2.54. The summed E-state index contributed by atoms with van der Waals surface area (Å²) in [5.41, 5.74) is 2.11. The van der Waals surface area contributed by atoms with Gasteiger partial charge < -0.3 is 14.4 Å². The van der Waals surface area contributed by atoms with Crippen molar-refractivity contribution in [3.63, 3.8) is 0 Å². The van der Waals surface area contributed by atoms with E-state index in [1.165, 1.54) is 0 Å². The normalized spacial score (nSPS) is 10.0. The molecule has 0 aliphatic heterocycles. The first kappa shape index (κ1) is 18.3. The van der Waals surface area contributed by atoms with Crippen molar-refractivity contribution >= 4 is 5.91 Å². The highest BCUT2D eigenvalue weighted by molar-refractivity contribution is 5.95. The lowest BCUT2D eigenvalue weighted by molar-refractivity contribution is 0.0742.